The van der Waals surface area contributed by atoms with Crippen molar-refractivity contribution in [2.75, 3.05) is 40.8 Å². The summed E-state index contributed by atoms with van der Waals surface area (Å²) >= 11 is 0. The minimum absolute atomic E-state index is 0.410. The van der Waals surface area contributed by atoms with Gasteiger partial charge in [-0.1, -0.05) is 0 Å². The Kier molecular flexibility index (Phi) is 4.40. The molecule has 1 heterocycles. The zero-order chi connectivity index (χ0) is 10.6. The van der Waals surface area contributed by atoms with Crippen LogP contribution < -0.4 is 5.32 Å². The second kappa shape index (κ2) is 5.35. The fourth-order valence-electron chi connectivity index (χ4n) is 2.04. The van der Waals surface area contributed by atoms with Crippen LogP contribution in [-0.4, -0.2) is 62.7 Å². The van der Waals surface area contributed by atoms with Gasteiger partial charge in [0.25, 0.3) is 0 Å². The summed E-state index contributed by atoms with van der Waals surface area (Å²) in [6, 6.07) is 0.947. The molecule has 2 unspecified atom stereocenters. The molecule has 3 heteroatoms. The van der Waals surface area contributed by atoms with Crippen molar-refractivity contribution >= 4 is 0 Å². The lowest BCUT2D eigenvalue weighted by molar-refractivity contribution is 0.0909. The smallest absolute Gasteiger partial charge is 0.0383 e. The van der Waals surface area contributed by atoms with Gasteiger partial charge in [0.2, 0.25) is 0 Å². The normalized spacial score (nSPS) is 27.1. The zero-order valence-electron chi connectivity index (χ0n) is 9.45. The van der Waals surface area contributed by atoms with Crippen LogP contribution in [0.25, 0.3) is 0 Å². The molecule has 0 aliphatic carbocycles. The minimum Gasteiger partial charge on any atom is -0.315 e. The zero-order valence-corrected chi connectivity index (χ0v) is 9.45. The van der Waals surface area contributed by atoms with Crippen molar-refractivity contribution < 1.29 is 0 Å². The van der Waals surface area contributed by atoms with Gasteiger partial charge < -0.3 is 10.2 Å². The van der Waals surface area contributed by atoms with E-state index >= 15 is 0 Å². The number of hydrogen-bond acceptors (Lipinski definition) is 3. The molecule has 14 heavy (non-hydrogen) atoms. The van der Waals surface area contributed by atoms with Gasteiger partial charge in [0.1, 0.15) is 0 Å². The molecule has 0 spiro atoms. The van der Waals surface area contributed by atoms with Crippen molar-refractivity contribution in [2.45, 2.75) is 18.5 Å². The van der Waals surface area contributed by atoms with E-state index in [1.165, 1.54) is 0 Å². The topological polar surface area (TPSA) is 18.5 Å². The Morgan fingerprint density at radius 1 is 1.50 bits per heavy atom. The van der Waals surface area contributed by atoms with E-state index in [-0.39, 0.29) is 0 Å². The third-order valence-electron chi connectivity index (χ3n) is 3.07. The van der Waals surface area contributed by atoms with Crippen LogP contribution in [-0.2, 0) is 0 Å². The molecule has 3 nitrogen and oxygen atoms in total. The molecule has 0 aromatic rings. The van der Waals surface area contributed by atoms with Gasteiger partial charge in [-0.3, -0.25) is 4.90 Å². The van der Waals surface area contributed by atoms with Gasteiger partial charge in [0.05, 0.1) is 0 Å². The summed E-state index contributed by atoms with van der Waals surface area (Å²) in [5.41, 5.74) is 0. The Morgan fingerprint density at radius 2 is 2.21 bits per heavy atom. The van der Waals surface area contributed by atoms with Crippen LogP contribution in [0.5, 0.6) is 0 Å². The lowest BCUT2D eigenvalue weighted by Crippen LogP contribution is -2.58. The Bertz CT molecular complexity index is 209. The predicted molar refractivity (Wildman–Crippen MR) is 60.2 cm³/mol. The van der Waals surface area contributed by atoms with Gasteiger partial charge in [-0.2, -0.15) is 0 Å². The molecular formula is C11H21N3. The molecule has 0 bridgehead atoms. The van der Waals surface area contributed by atoms with Crippen molar-refractivity contribution in [3.63, 3.8) is 0 Å². The maximum absolute atomic E-state index is 5.37. The summed E-state index contributed by atoms with van der Waals surface area (Å²) in [6.07, 6.45) is 6.17. The van der Waals surface area contributed by atoms with Crippen LogP contribution >= 0.6 is 0 Å². The van der Waals surface area contributed by atoms with Crippen LogP contribution in [0.3, 0.4) is 0 Å². The molecule has 0 radical (unpaired) electrons. The fraction of sp³-hybridized carbons (Fsp3) is 0.818. The summed E-state index contributed by atoms with van der Waals surface area (Å²) < 4.78 is 0. The Labute approximate surface area is 87.5 Å². The molecule has 1 aliphatic heterocycles. The standard InChI is InChI=1S/C11H21N3/c1-5-6-10(12-2)11-9-13(3)7-8-14(11)4/h1,10-12H,6-9H2,2-4H3. The summed E-state index contributed by atoms with van der Waals surface area (Å²) in [5.74, 6) is 2.74. The first-order valence-corrected chi connectivity index (χ1v) is 5.18. The van der Waals surface area contributed by atoms with Crippen molar-refractivity contribution in [1.82, 2.24) is 15.1 Å². The first kappa shape index (κ1) is 11.5. The average molecular weight is 195 g/mol. The molecular weight excluding hydrogens is 174 g/mol. The minimum atomic E-state index is 0.410. The molecule has 1 aliphatic rings. The van der Waals surface area contributed by atoms with E-state index in [9.17, 15) is 0 Å². The first-order valence-electron chi connectivity index (χ1n) is 5.18. The highest BCUT2D eigenvalue weighted by molar-refractivity contribution is 4.97. The maximum Gasteiger partial charge on any atom is 0.0383 e. The van der Waals surface area contributed by atoms with Crippen LogP contribution in [0.4, 0.5) is 0 Å². The van der Waals surface area contributed by atoms with E-state index in [1.54, 1.807) is 0 Å². The van der Waals surface area contributed by atoms with E-state index in [1.807, 2.05) is 7.05 Å². The second-order valence-electron chi connectivity index (χ2n) is 4.11. The van der Waals surface area contributed by atoms with E-state index in [0.29, 0.717) is 12.1 Å². The van der Waals surface area contributed by atoms with Crippen LogP contribution in [0, 0.1) is 12.3 Å². The molecule has 0 saturated carbocycles. The van der Waals surface area contributed by atoms with Crippen molar-refractivity contribution in [3.05, 3.63) is 0 Å². The Morgan fingerprint density at radius 3 is 2.79 bits per heavy atom. The molecule has 1 N–H and O–H groups in total. The fourth-order valence-corrected chi connectivity index (χ4v) is 2.04. The molecule has 1 saturated heterocycles. The van der Waals surface area contributed by atoms with Gasteiger partial charge in [0.15, 0.2) is 0 Å². The molecule has 1 rings (SSSR count). The lowest BCUT2D eigenvalue weighted by Gasteiger charge is -2.41. The highest BCUT2D eigenvalue weighted by atomic mass is 15.3. The van der Waals surface area contributed by atoms with E-state index in [0.717, 1.165) is 26.1 Å². The number of terminal acetylenes is 1. The number of nitrogens with one attached hydrogen (secondary N) is 1. The summed E-state index contributed by atoms with van der Waals surface area (Å²) in [4.78, 5) is 4.77. The quantitative estimate of drug-likeness (QED) is 0.632. The highest BCUT2D eigenvalue weighted by Crippen LogP contribution is 2.11. The monoisotopic (exact) mass is 195 g/mol. The number of piperazine rings is 1. The molecule has 0 aromatic heterocycles. The van der Waals surface area contributed by atoms with E-state index in [4.69, 9.17) is 6.42 Å². The third-order valence-corrected chi connectivity index (χ3v) is 3.07. The molecule has 0 amide bonds. The predicted octanol–water partition coefficient (Wildman–Crippen LogP) is -0.156. The number of rotatable bonds is 3. The van der Waals surface area contributed by atoms with Crippen molar-refractivity contribution in [1.29, 1.82) is 0 Å². The van der Waals surface area contributed by atoms with Crippen LogP contribution in [0.15, 0.2) is 0 Å². The van der Waals surface area contributed by atoms with E-state index in [2.05, 4.69) is 35.1 Å². The number of hydrogen-bond donors (Lipinski definition) is 1. The summed E-state index contributed by atoms with van der Waals surface area (Å²) in [5, 5.41) is 3.31. The average Bonchev–Trinajstić information content (AvgIpc) is 2.18. The van der Waals surface area contributed by atoms with Gasteiger partial charge in [0, 0.05) is 38.1 Å². The second-order valence-corrected chi connectivity index (χ2v) is 4.11. The van der Waals surface area contributed by atoms with Gasteiger partial charge >= 0.3 is 0 Å². The molecule has 1 fully saturated rings. The van der Waals surface area contributed by atoms with Crippen molar-refractivity contribution in [2.24, 2.45) is 0 Å². The van der Waals surface area contributed by atoms with Crippen LogP contribution in [0.2, 0.25) is 0 Å². The summed E-state index contributed by atoms with van der Waals surface area (Å²) in [7, 11) is 6.34. The van der Waals surface area contributed by atoms with Crippen LogP contribution in [0.1, 0.15) is 6.42 Å². The van der Waals surface area contributed by atoms with Crippen molar-refractivity contribution in [3.8, 4) is 12.3 Å². The molecule has 80 valence electrons. The highest BCUT2D eigenvalue weighted by Gasteiger charge is 2.28. The van der Waals surface area contributed by atoms with Gasteiger partial charge in [-0.05, 0) is 21.1 Å². The molecule has 0 aromatic carbocycles. The largest absolute Gasteiger partial charge is 0.315 e. The Hall–Kier alpha value is -0.560. The van der Waals surface area contributed by atoms with Gasteiger partial charge in [-0.25, -0.2) is 0 Å². The maximum atomic E-state index is 5.37. The lowest BCUT2D eigenvalue weighted by atomic mass is 10.0. The van der Waals surface area contributed by atoms with E-state index < -0.39 is 0 Å². The summed E-state index contributed by atoms with van der Waals surface area (Å²) in [6.45, 7) is 3.38. The third kappa shape index (κ3) is 2.71. The van der Waals surface area contributed by atoms with Gasteiger partial charge in [-0.15, -0.1) is 12.3 Å². The SMILES string of the molecule is C#CCC(NC)C1CN(C)CCN1C. The first-order chi connectivity index (χ1) is 6.69. The number of nitrogens with zero attached hydrogens (tertiary/aromatic N) is 2. The molecule has 2 atom stereocenters. The Balaban J connectivity index is 2.58. The number of likely N-dealkylation sites (N-methyl/N-ethyl adjacent to an activating group) is 3.